The van der Waals surface area contributed by atoms with Gasteiger partial charge >= 0.3 is 26.2 Å². The van der Waals surface area contributed by atoms with Gasteiger partial charge in [0.2, 0.25) is 0 Å². The second kappa shape index (κ2) is 8.83. The Morgan fingerprint density at radius 3 is 2.26 bits per heavy atom. The molecule has 1 radical (unpaired) electrons. The molecule has 0 aromatic heterocycles. The molecule has 113 valence electrons. The largest absolute Gasteiger partial charge is 3.00 e. The zero-order valence-corrected chi connectivity index (χ0v) is 16.4. The van der Waals surface area contributed by atoms with Crippen LogP contribution in [0.1, 0.15) is 29.0 Å². The van der Waals surface area contributed by atoms with Gasteiger partial charge in [0.25, 0.3) is 0 Å². The van der Waals surface area contributed by atoms with Gasteiger partial charge in [-0.15, -0.1) is 17.7 Å². The van der Waals surface area contributed by atoms with Gasteiger partial charge < -0.3 is 24.8 Å². The number of halogens is 2. The van der Waals surface area contributed by atoms with E-state index in [1.54, 1.807) is 0 Å². The van der Waals surface area contributed by atoms with Crippen LogP contribution in [0.5, 0.6) is 0 Å². The molecule has 3 heteroatoms. The van der Waals surface area contributed by atoms with Crippen molar-refractivity contribution >= 4 is 6.08 Å². The van der Waals surface area contributed by atoms with Crippen molar-refractivity contribution in [1.29, 1.82) is 0 Å². The molecule has 4 rings (SSSR count). The molecule has 0 nitrogen and oxygen atoms in total. The van der Waals surface area contributed by atoms with Crippen LogP contribution in [0.15, 0.2) is 77.9 Å². The standard InChI is InChI=1S/C20H15.2ClH.Zr/c1-2-10-16(11-3-1)20-18-13-7-6-12-17(18)14-19(20)15-8-4-5-9-15;;;/h1-4,6-8,10-14,20H,5H2;2*1H;/q-1;;;+3/p-2. The molecule has 0 saturated heterocycles. The smallest absolute Gasteiger partial charge is 1.00 e. The molecular formula is C20H15Cl2Zr. The van der Waals surface area contributed by atoms with Crippen LogP contribution in [0.3, 0.4) is 0 Å². The Bertz CT molecular complexity index is 745. The molecule has 23 heavy (non-hydrogen) atoms. The molecule has 0 spiro atoms. The third-order valence-corrected chi connectivity index (χ3v) is 4.07. The minimum absolute atomic E-state index is 0. The van der Waals surface area contributed by atoms with E-state index in [2.05, 4.69) is 78.9 Å². The van der Waals surface area contributed by atoms with E-state index in [0.717, 1.165) is 6.42 Å². The Labute approximate surface area is 169 Å². The van der Waals surface area contributed by atoms with Gasteiger partial charge in [-0.3, -0.25) is 0 Å². The molecule has 2 aliphatic rings. The minimum atomic E-state index is 0. The Morgan fingerprint density at radius 1 is 0.870 bits per heavy atom. The summed E-state index contributed by atoms with van der Waals surface area (Å²) in [5.74, 6) is 0.345. The first-order valence-corrected chi connectivity index (χ1v) is 7.07. The Balaban J connectivity index is 0.000000882. The summed E-state index contributed by atoms with van der Waals surface area (Å²) in [4.78, 5) is 0. The molecule has 2 aliphatic carbocycles. The van der Waals surface area contributed by atoms with E-state index < -0.39 is 0 Å². The van der Waals surface area contributed by atoms with E-state index in [4.69, 9.17) is 0 Å². The first-order valence-electron chi connectivity index (χ1n) is 7.07. The van der Waals surface area contributed by atoms with E-state index >= 15 is 0 Å². The maximum atomic E-state index is 3.47. The van der Waals surface area contributed by atoms with Gasteiger partial charge in [0.05, 0.1) is 0 Å². The van der Waals surface area contributed by atoms with Crippen molar-refractivity contribution in [3.8, 4) is 0 Å². The third-order valence-electron chi connectivity index (χ3n) is 4.07. The number of benzene rings is 2. The van der Waals surface area contributed by atoms with Crippen molar-refractivity contribution in [1.82, 2.24) is 0 Å². The van der Waals surface area contributed by atoms with Gasteiger partial charge in [0.15, 0.2) is 0 Å². The molecule has 0 bridgehead atoms. The van der Waals surface area contributed by atoms with E-state index in [1.807, 2.05) is 0 Å². The number of hydrogen-bond acceptors (Lipinski definition) is 0. The second-order valence-electron chi connectivity index (χ2n) is 5.27. The van der Waals surface area contributed by atoms with Crippen LogP contribution in [0.4, 0.5) is 0 Å². The maximum absolute atomic E-state index is 3.47. The molecule has 1 unspecified atom stereocenters. The molecule has 1 atom stereocenters. The van der Waals surface area contributed by atoms with Crippen LogP contribution in [0.2, 0.25) is 0 Å². The second-order valence-corrected chi connectivity index (χ2v) is 5.27. The molecule has 0 heterocycles. The van der Waals surface area contributed by atoms with Gasteiger partial charge in [-0.05, 0) is 22.6 Å². The maximum Gasteiger partial charge on any atom is 3.00 e. The summed E-state index contributed by atoms with van der Waals surface area (Å²) < 4.78 is 0. The van der Waals surface area contributed by atoms with Crippen molar-refractivity contribution in [3.05, 3.63) is 101 Å². The fraction of sp³-hybridized carbons (Fsp3) is 0.100. The number of rotatable bonds is 2. The van der Waals surface area contributed by atoms with Crippen molar-refractivity contribution in [3.63, 3.8) is 0 Å². The van der Waals surface area contributed by atoms with E-state index in [0.29, 0.717) is 5.92 Å². The predicted octanol–water partition coefficient (Wildman–Crippen LogP) is -1.09. The van der Waals surface area contributed by atoms with Gasteiger partial charge in [0, 0.05) is 0 Å². The van der Waals surface area contributed by atoms with Gasteiger partial charge in [-0.25, -0.2) is 0 Å². The fourth-order valence-corrected chi connectivity index (χ4v) is 3.16. The summed E-state index contributed by atoms with van der Waals surface area (Å²) in [6.45, 7) is 0. The first kappa shape index (κ1) is 20.2. The SMILES string of the molecule is [C-]1=C(C2=Cc3ccccc3C2c2ccccc2)C=CC1.[Cl-].[Cl-].[Zr+3]. The summed E-state index contributed by atoms with van der Waals surface area (Å²) in [5, 5.41) is 0. The zero-order chi connectivity index (χ0) is 13.4. The monoisotopic (exact) mass is 415 g/mol. The minimum Gasteiger partial charge on any atom is -1.00 e. The quantitative estimate of drug-likeness (QED) is 0.545. The normalized spacial score (nSPS) is 17.1. The average molecular weight is 417 g/mol. The van der Waals surface area contributed by atoms with Crippen LogP contribution < -0.4 is 24.8 Å². The van der Waals surface area contributed by atoms with E-state index in [9.17, 15) is 0 Å². The number of allylic oxidation sites excluding steroid dienone is 5. The molecule has 0 aliphatic heterocycles. The molecular weight excluding hydrogens is 402 g/mol. The van der Waals surface area contributed by atoms with Crippen LogP contribution in [-0.4, -0.2) is 0 Å². The van der Waals surface area contributed by atoms with Gasteiger partial charge in [-0.1, -0.05) is 61.0 Å². The Hall–Kier alpha value is -0.877. The molecule has 0 amide bonds. The summed E-state index contributed by atoms with van der Waals surface area (Å²) in [6.07, 6.45) is 11.1. The van der Waals surface area contributed by atoms with Gasteiger partial charge in [0.1, 0.15) is 0 Å². The predicted molar refractivity (Wildman–Crippen MR) is 83.2 cm³/mol. The molecule has 0 fully saturated rings. The number of hydrogen-bond donors (Lipinski definition) is 0. The van der Waals surface area contributed by atoms with E-state index in [1.165, 1.54) is 27.8 Å². The summed E-state index contributed by atoms with van der Waals surface area (Å²) in [6, 6.07) is 19.5. The summed E-state index contributed by atoms with van der Waals surface area (Å²) in [7, 11) is 0. The Morgan fingerprint density at radius 2 is 1.57 bits per heavy atom. The zero-order valence-electron chi connectivity index (χ0n) is 12.5. The average Bonchev–Trinajstić information content (AvgIpc) is 3.15. The molecule has 2 aromatic rings. The van der Waals surface area contributed by atoms with Crippen molar-refractivity contribution in [2.75, 3.05) is 0 Å². The number of fused-ring (bicyclic) bond motifs is 1. The Kier molecular flexibility index (Phi) is 7.74. The van der Waals surface area contributed by atoms with Crippen LogP contribution in [-0.2, 0) is 26.2 Å². The van der Waals surface area contributed by atoms with Crippen molar-refractivity contribution < 1.29 is 51.0 Å². The molecule has 0 N–H and O–H groups in total. The fourth-order valence-electron chi connectivity index (χ4n) is 3.16. The van der Waals surface area contributed by atoms with Crippen molar-refractivity contribution in [2.24, 2.45) is 0 Å². The third kappa shape index (κ3) is 3.79. The molecule has 2 aromatic carbocycles. The van der Waals surface area contributed by atoms with Crippen LogP contribution >= 0.6 is 0 Å². The van der Waals surface area contributed by atoms with Crippen LogP contribution in [0.25, 0.3) is 6.08 Å². The van der Waals surface area contributed by atoms with E-state index in [-0.39, 0.29) is 51.0 Å². The van der Waals surface area contributed by atoms with Crippen LogP contribution in [0, 0.1) is 6.08 Å². The first-order chi connectivity index (χ1) is 9.93. The van der Waals surface area contributed by atoms with Gasteiger partial charge in [-0.2, -0.15) is 17.7 Å². The van der Waals surface area contributed by atoms with Crippen molar-refractivity contribution in [2.45, 2.75) is 12.3 Å². The molecule has 0 saturated carbocycles. The summed E-state index contributed by atoms with van der Waals surface area (Å²) >= 11 is 0. The summed E-state index contributed by atoms with van der Waals surface area (Å²) in [5.41, 5.74) is 6.74. The topological polar surface area (TPSA) is 0 Å².